The number of rotatable bonds is 3. The zero-order chi connectivity index (χ0) is 18.9. The van der Waals surface area contributed by atoms with Crippen LogP contribution in [-0.4, -0.2) is 50.8 Å². The summed E-state index contributed by atoms with van der Waals surface area (Å²) in [5.74, 6) is 1.55. The lowest BCUT2D eigenvalue weighted by Crippen LogP contribution is -2.30. The fourth-order valence-electron chi connectivity index (χ4n) is 3.83. The van der Waals surface area contributed by atoms with E-state index < -0.39 is 0 Å². The van der Waals surface area contributed by atoms with Gasteiger partial charge in [-0.3, -0.25) is 4.79 Å². The van der Waals surface area contributed by atoms with Gasteiger partial charge in [-0.15, -0.1) is 5.10 Å². The Morgan fingerprint density at radius 1 is 1.04 bits per heavy atom. The summed E-state index contributed by atoms with van der Waals surface area (Å²) < 4.78 is 12.9. The van der Waals surface area contributed by atoms with E-state index in [9.17, 15) is 4.79 Å². The lowest BCUT2D eigenvalue weighted by molar-refractivity contribution is 0.0735. The third kappa shape index (κ3) is 2.96. The number of likely N-dealkylation sites (tertiary alicyclic amines) is 1. The number of hydrogen-bond acceptors (Lipinski definition) is 6. The van der Waals surface area contributed by atoms with E-state index in [1.54, 1.807) is 4.68 Å². The highest BCUT2D eigenvalue weighted by atomic mass is 16.6. The van der Waals surface area contributed by atoms with Crippen molar-refractivity contribution < 1.29 is 14.3 Å². The van der Waals surface area contributed by atoms with Crippen LogP contribution in [0.25, 0.3) is 5.69 Å². The normalized spacial score (nSPS) is 18.3. The molecule has 1 unspecified atom stereocenters. The molecule has 2 aliphatic heterocycles. The van der Waals surface area contributed by atoms with Crippen LogP contribution in [0.1, 0.15) is 34.8 Å². The quantitative estimate of drug-likeness (QED) is 0.697. The van der Waals surface area contributed by atoms with Gasteiger partial charge in [0.1, 0.15) is 19.5 Å². The first-order chi connectivity index (χ1) is 13.8. The number of amides is 1. The van der Waals surface area contributed by atoms with Crippen LogP contribution in [0, 0.1) is 0 Å². The fourth-order valence-corrected chi connectivity index (χ4v) is 3.83. The van der Waals surface area contributed by atoms with Crippen LogP contribution in [0.2, 0.25) is 0 Å². The maximum Gasteiger partial charge on any atom is 0.254 e. The van der Waals surface area contributed by atoms with Crippen LogP contribution in [0.4, 0.5) is 0 Å². The highest BCUT2D eigenvalue weighted by Crippen LogP contribution is 2.38. The minimum absolute atomic E-state index is 0.0284. The van der Waals surface area contributed by atoms with Crippen LogP contribution < -0.4 is 9.47 Å². The standard InChI is InChI=1S/C20H19N5O3/c26-20(14-3-6-16(7-4-14)25-13-21-22-23-25)24-9-1-2-17(24)15-5-8-18-19(12-15)28-11-10-27-18/h3-8,12-13,17H,1-2,9-11H2. The van der Waals surface area contributed by atoms with Crippen molar-refractivity contribution in [1.29, 1.82) is 0 Å². The summed E-state index contributed by atoms with van der Waals surface area (Å²) in [4.78, 5) is 15.1. The Hall–Kier alpha value is -3.42. The zero-order valence-corrected chi connectivity index (χ0v) is 15.2. The number of benzene rings is 2. The van der Waals surface area contributed by atoms with E-state index in [4.69, 9.17) is 9.47 Å². The van der Waals surface area contributed by atoms with E-state index in [1.807, 2.05) is 47.4 Å². The van der Waals surface area contributed by atoms with E-state index in [0.29, 0.717) is 18.8 Å². The molecule has 2 aromatic carbocycles. The van der Waals surface area contributed by atoms with Crippen molar-refractivity contribution in [2.45, 2.75) is 18.9 Å². The van der Waals surface area contributed by atoms with E-state index >= 15 is 0 Å². The molecule has 3 heterocycles. The highest BCUT2D eigenvalue weighted by molar-refractivity contribution is 5.94. The topological polar surface area (TPSA) is 82.4 Å². The molecule has 5 rings (SSSR count). The zero-order valence-electron chi connectivity index (χ0n) is 15.2. The van der Waals surface area contributed by atoms with Crippen LogP contribution in [0.15, 0.2) is 48.8 Å². The van der Waals surface area contributed by atoms with Gasteiger partial charge in [-0.1, -0.05) is 6.07 Å². The Labute approximate surface area is 161 Å². The average Bonchev–Trinajstić information content (AvgIpc) is 3.45. The Bertz CT molecular complexity index is 988. The molecule has 3 aromatic rings. The van der Waals surface area contributed by atoms with Crippen molar-refractivity contribution >= 4 is 5.91 Å². The molecular formula is C20H19N5O3. The molecule has 1 aromatic heterocycles. The summed E-state index contributed by atoms with van der Waals surface area (Å²) in [7, 11) is 0. The third-order valence-electron chi connectivity index (χ3n) is 5.19. The molecule has 142 valence electrons. The second-order valence-electron chi connectivity index (χ2n) is 6.86. The number of aromatic nitrogens is 4. The monoisotopic (exact) mass is 377 g/mol. The van der Waals surface area contributed by atoms with Crippen molar-refractivity contribution in [1.82, 2.24) is 25.1 Å². The Morgan fingerprint density at radius 3 is 2.64 bits per heavy atom. The molecule has 1 fully saturated rings. The number of tetrazole rings is 1. The van der Waals surface area contributed by atoms with Crippen molar-refractivity contribution in [3.8, 4) is 17.2 Å². The molecule has 0 N–H and O–H groups in total. The van der Waals surface area contributed by atoms with Crippen LogP contribution in [-0.2, 0) is 0 Å². The Balaban J connectivity index is 1.38. The van der Waals surface area contributed by atoms with E-state index in [-0.39, 0.29) is 11.9 Å². The SMILES string of the molecule is O=C(c1ccc(-n2cnnn2)cc1)N1CCCC1c1ccc2c(c1)OCCO2. The van der Waals surface area contributed by atoms with Gasteiger partial charge in [-0.25, -0.2) is 4.68 Å². The molecule has 8 heteroatoms. The van der Waals surface area contributed by atoms with Crippen molar-refractivity contribution in [2.75, 3.05) is 19.8 Å². The number of ether oxygens (including phenoxy) is 2. The van der Waals surface area contributed by atoms with Crippen LogP contribution >= 0.6 is 0 Å². The maximum absolute atomic E-state index is 13.1. The van der Waals surface area contributed by atoms with Gasteiger partial charge in [0.05, 0.1) is 11.7 Å². The smallest absolute Gasteiger partial charge is 0.254 e. The van der Waals surface area contributed by atoms with E-state index in [2.05, 4.69) is 15.5 Å². The van der Waals surface area contributed by atoms with Crippen molar-refractivity contribution in [2.24, 2.45) is 0 Å². The van der Waals surface area contributed by atoms with Gasteiger partial charge in [0, 0.05) is 12.1 Å². The summed E-state index contributed by atoms with van der Waals surface area (Å²) in [5.41, 5.74) is 2.55. The molecule has 0 aliphatic carbocycles. The highest BCUT2D eigenvalue weighted by Gasteiger charge is 2.31. The van der Waals surface area contributed by atoms with Gasteiger partial charge >= 0.3 is 0 Å². The molecule has 0 radical (unpaired) electrons. The average molecular weight is 377 g/mol. The van der Waals surface area contributed by atoms with Crippen molar-refractivity contribution in [3.05, 3.63) is 59.9 Å². The summed E-state index contributed by atoms with van der Waals surface area (Å²) >= 11 is 0. The molecule has 28 heavy (non-hydrogen) atoms. The third-order valence-corrected chi connectivity index (χ3v) is 5.19. The molecule has 1 amide bonds. The van der Waals surface area contributed by atoms with Gasteiger partial charge < -0.3 is 14.4 Å². The van der Waals surface area contributed by atoms with E-state index in [1.165, 1.54) is 6.33 Å². The van der Waals surface area contributed by atoms with Crippen LogP contribution in [0.3, 0.4) is 0 Å². The summed E-state index contributed by atoms with van der Waals surface area (Å²) in [6, 6.07) is 13.3. The number of carbonyl (C=O) groups excluding carboxylic acids is 1. The molecular weight excluding hydrogens is 358 g/mol. The first-order valence-corrected chi connectivity index (χ1v) is 9.33. The summed E-state index contributed by atoms with van der Waals surface area (Å²) in [6.45, 7) is 1.87. The van der Waals surface area contributed by atoms with Crippen molar-refractivity contribution in [3.63, 3.8) is 0 Å². The minimum Gasteiger partial charge on any atom is -0.486 e. The Kier molecular flexibility index (Phi) is 4.16. The van der Waals surface area contributed by atoms with E-state index in [0.717, 1.165) is 42.1 Å². The molecule has 0 saturated carbocycles. The first kappa shape index (κ1) is 16.7. The van der Waals surface area contributed by atoms with Gasteiger partial charge in [0.25, 0.3) is 5.91 Å². The lowest BCUT2D eigenvalue weighted by Gasteiger charge is -2.27. The number of nitrogens with zero attached hydrogens (tertiary/aromatic N) is 5. The molecule has 8 nitrogen and oxygen atoms in total. The maximum atomic E-state index is 13.1. The van der Waals surface area contributed by atoms with Crippen LogP contribution in [0.5, 0.6) is 11.5 Å². The molecule has 1 saturated heterocycles. The van der Waals surface area contributed by atoms with Gasteiger partial charge in [0.15, 0.2) is 11.5 Å². The molecule has 1 atom stereocenters. The minimum atomic E-state index is 0.0284. The lowest BCUT2D eigenvalue weighted by atomic mass is 10.0. The predicted molar refractivity (Wildman–Crippen MR) is 99.6 cm³/mol. The second-order valence-corrected chi connectivity index (χ2v) is 6.86. The molecule has 0 bridgehead atoms. The second kappa shape index (κ2) is 6.95. The fraction of sp³-hybridized carbons (Fsp3) is 0.300. The summed E-state index contributed by atoms with van der Waals surface area (Å²) in [5, 5.41) is 11.1. The Morgan fingerprint density at radius 2 is 1.86 bits per heavy atom. The predicted octanol–water partition coefficient (Wildman–Crippen LogP) is 2.41. The number of carbonyl (C=O) groups is 1. The number of fused-ring (bicyclic) bond motifs is 1. The summed E-state index contributed by atoms with van der Waals surface area (Å²) in [6.07, 6.45) is 3.44. The van der Waals surface area contributed by atoms with Gasteiger partial charge in [-0.2, -0.15) is 0 Å². The largest absolute Gasteiger partial charge is 0.486 e. The van der Waals surface area contributed by atoms with Gasteiger partial charge in [0.2, 0.25) is 0 Å². The molecule has 2 aliphatic rings. The number of hydrogen-bond donors (Lipinski definition) is 0. The first-order valence-electron chi connectivity index (χ1n) is 9.33. The van der Waals surface area contributed by atoms with Gasteiger partial charge in [-0.05, 0) is 65.2 Å². The molecule has 0 spiro atoms.